The molecule has 0 radical (unpaired) electrons. The van der Waals surface area contributed by atoms with Crippen LogP contribution in [0.1, 0.15) is 32.6 Å². The number of carbonyl (C=O) groups excluding carboxylic acids is 2. The summed E-state index contributed by atoms with van der Waals surface area (Å²) in [5.74, 6) is 0.448. The van der Waals surface area contributed by atoms with Crippen molar-refractivity contribution in [2.75, 3.05) is 32.8 Å². The molecule has 3 atom stereocenters. The Morgan fingerprint density at radius 2 is 2.19 bits per heavy atom. The number of nitrogens with two attached hydrogens (primary N) is 1. The highest BCUT2D eigenvalue weighted by molar-refractivity contribution is 5.88. The molecule has 3 N–H and O–H groups in total. The third-order valence-electron chi connectivity index (χ3n) is 4.53. The standard InChI is InChI=1S/C15H27N3O3/c1-2-17-14(19)13-10-21-7-6-18(13)15(20)12-5-3-4-11(8-12)9-16/h11-13H,2-10,16H2,1H3,(H,17,19). The highest BCUT2D eigenvalue weighted by Crippen LogP contribution is 2.30. The predicted molar refractivity (Wildman–Crippen MR) is 79.5 cm³/mol. The fourth-order valence-corrected chi connectivity index (χ4v) is 3.34. The second kappa shape index (κ2) is 7.75. The molecule has 2 aliphatic rings. The van der Waals surface area contributed by atoms with E-state index in [0.717, 1.165) is 25.7 Å². The molecule has 120 valence electrons. The molecule has 0 aromatic carbocycles. The molecule has 1 aliphatic carbocycles. The van der Waals surface area contributed by atoms with Crippen molar-refractivity contribution in [3.63, 3.8) is 0 Å². The van der Waals surface area contributed by atoms with Gasteiger partial charge in [0.05, 0.1) is 13.2 Å². The second-order valence-electron chi connectivity index (χ2n) is 5.98. The highest BCUT2D eigenvalue weighted by Gasteiger charge is 2.37. The van der Waals surface area contributed by atoms with Gasteiger partial charge in [-0.05, 0) is 38.6 Å². The van der Waals surface area contributed by atoms with E-state index in [1.807, 2.05) is 6.92 Å². The summed E-state index contributed by atoms with van der Waals surface area (Å²) < 4.78 is 5.38. The molecule has 2 fully saturated rings. The minimum atomic E-state index is -0.482. The van der Waals surface area contributed by atoms with Gasteiger partial charge in [0.15, 0.2) is 0 Å². The lowest BCUT2D eigenvalue weighted by atomic mass is 9.80. The quantitative estimate of drug-likeness (QED) is 0.771. The van der Waals surface area contributed by atoms with Gasteiger partial charge in [0.1, 0.15) is 6.04 Å². The molecule has 1 heterocycles. The van der Waals surface area contributed by atoms with Crippen molar-refractivity contribution in [3.05, 3.63) is 0 Å². The predicted octanol–water partition coefficient (Wildman–Crippen LogP) is 0.115. The van der Waals surface area contributed by atoms with Crippen LogP contribution in [0.4, 0.5) is 0 Å². The average molecular weight is 297 g/mol. The Kier molecular flexibility index (Phi) is 5.99. The topological polar surface area (TPSA) is 84.7 Å². The third kappa shape index (κ3) is 3.95. The summed E-state index contributed by atoms with van der Waals surface area (Å²) in [6.07, 6.45) is 3.93. The van der Waals surface area contributed by atoms with Crippen LogP contribution in [0.5, 0.6) is 0 Å². The van der Waals surface area contributed by atoms with E-state index >= 15 is 0 Å². The molecule has 1 saturated carbocycles. The molecule has 1 saturated heterocycles. The molecule has 3 unspecified atom stereocenters. The molecule has 0 aromatic rings. The first-order chi connectivity index (χ1) is 10.2. The lowest BCUT2D eigenvalue weighted by Crippen LogP contribution is -2.57. The van der Waals surface area contributed by atoms with Crippen LogP contribution in [-0.2, 0) is 14.3 Å². The van der Waals surface area contributed by atoms with Crippen LogP contribution in [-0.4, -0.2) is 55.6 Å². The fraction of sp³-hybridized carbons (Fsp3) is 0.867. The summed E-state index contributed by atoms with van der Waals surface area (Å²) in [5, 5.41) is 2.79. The van der Waals surface area contributed by atoms with Crippen molar-refractivity contribution in [2.24, 2.45) is 17.6 Å². The van der Waals surface area contributed by atoms with Crippen molar-refractivity contribution < 1.29 is 14.3 Å². The van der Waals surface area contributed by atoms with E-state index in [2.05, 4.69) is 5.32 Å². The molecule has 0 aromatic heterocycles. The fourth-order valence-electron chi connectivity index (χ4n) is 3.34. The van der Waals surface area contributed by atoms with E-state index in [4.69, 9.17) is 10.5 Å². The molecule has 2 rings (SSSR count). The van der Waals surface area contributed by atoms with E-state index in [1.54, 1.807) is 4.90 Å². The molecule has 6 heteroatoms. The lowest BCUT2D eigenvalue weighted by molar-refractivity contribution is -0.152. The summed E-state index contributed by atoms with van der Waals surface area (Å²) in [7, 11) is 0. The Bertz CT molecular complexity index is 375. The molecular formula is C15H27N3O3. The summed E-state index contributed by atoms with van der Waals surface area (Å²) in [6.45, 7) is 4.40. The van der Waals surface area contributed by atoms with Crippen LogP contribution in [0.2, 0.25) is 0 Å². The summed E-state index contributed by atoms with van der Waals surface area (Å²) in [5.41, 5.74) is 5.75. The molecule has 2 amide bonds. The maximum absolute atomic E-state index is 12.8. The van der Waals surface area contributed by atoms with Gasteiger partial charge in [0, 0.05) is 19.0 Å². The van der Waals surface area contributed by atoms with Crippen LogP contribution in [0.15, 0.2) is 0 Å². The summed E-state index contributed by atoms with van der Waals surface area (Å²) in [6, 6.07) is -0.482. The summed E-state index contributed by atoms with van der Waals surface area (Å²) in [4.78, 5) is 26.6. The first-order valence-electron chi connectivity index (χ1n) is 8.03. The van der Waals surface area contributed by atoms with Gasteiger partial charge in [0.2, 0.25) is 11.8 Å². The number of ether oxygens (including phenoxy) is 1. The maximum Gasteiger partial charge on any atom is 0.245 e. The molecule has 0 spiro atoms. The van der Waals surface area contributed by atoms with Crippen LogP contribution < -0.4 is 11.1 Å². The zero-order valence-electron chi connectivity index (χ0n) is 12.8. The van der Waals surface area contributed by atoms with E-state index in [1.165, 1.54) is 0 Å². The number of hydrogen-bond donors (Lipinski definition) is 2. The maximum atomic E-state index is 12.8. The van der Waals surface area contributed by atoms with Crippen LogP contribution in [0.25, 0.3) is 0 Å². The van der Waals surface area contributed by atoms with Crippen molar-refractivity contribution in [1.82, 2.24) is 10.2 Å². The smallest absolute Gasteiger partial charge is 0.245 e. The lowest BCUT2D eigenvalue weighted by Gasteiger charge is -2.38. The van der Waals surface area contributed by atoms with Crippen LogP contribution >= 0.6 is 0 Å². The second-order valence-corrected chi connectivity index (χ2v) is 5.98. The number of rotatable bonds is 4. The van der Waals surface area contributed by atoms with Gasteiger partial charge < -0.3 is 20.7 Å². The van der Waals surface area contributed by atoms with Gasteiger partial charge in [-0.25, -0.2) is 0 Å². The van der Waals surface area contributed by atoms with Crippen molar-refractivity contribution in [3.8, 4) is 0 Å². The van der Waals surface area contributed by atoms with E-state index < -0.39 is 6.04 Å². The Morgan fingerprint density at radius 3 is 2.90 bits per heavy atom. The molecule has 6 nitrogen and oxygen atoms in total. The Balaban J connectivity index is 2.02. The minimum absolute atomic E-state index is 0.0160. The first kappa shape index (κ1) is 16.2. The van der Waals surface area contributed by atoms with Gasteiger partial charge in [-0.15, -0.1) is 0 Å². The van der Waals surface area contributed by atoms with Crippen molar-refractivity contribution in [2.45, 2.75) is 38.6 Å². The Morgan fingerprint density at radius 1 is 1.38 bits per heavy atom. The molecule has 1 aliphatic heterocycles. The van der Waals surface area contributed by atoms with Gasteiger partial charge in [-0.1, -0.05) is 6.42 Å². The van der Waals surface area contributed by atoms with Gasteiger partial charge in [-0.2, -0.15) is 0 Å². The summed E-state index contributed by atoms with van der Waals surface area (Å²) >= 11 is 0. The van der Waals surface area contributed by atoms with Crippen LogP contribution in [0.3, 0.4) is 0 Å². The number of carbonyl (C=O) groups is 2. The normalized spacial score (nSPS) is 30.0. The SMILES string of the molecule is CCNC(=O)C1COCCN1C(=O)C1CCCC(CN)C1. The first-order valence-corrected chi connectivity index (χ1v) is 8.03. The number of likely N-dealkylation sites (N-methyl/N-ethyl adjacent to an activating group) is 1. The van der Waals surface area contributed by atoms with E-state index in [-0.39, 0.29) is 17.7 Å². The molecular weight excluding hydrogens is 270 g/mol. The van der Waals surface area contributed by atoms with Crippen molar-refractivity contribution >= 4 is 11.8 Å². The van der Waals surface area contributed by atoms with Crippen LogP contribution in [0, 0.1) is 11.8 Å². The number of amides is 2. The van der Waals surface area contributed by atoms with Gasteiger partial charge >= 0.3 is 0 Å². The Hall–Kier alpha value is -1.14. The van der Waals surface area contributed by atoms with Crippen molar-refractivity contribution in [1.29, 1.82) is 0 Å². The molecule has 21 heavy (non-hydrogen) atoms. The van der Waals surface area contributed by atoms with Gasteiger partial charge in [0.25, 0.3) is 0 Å². The largest absolute Gasteiger partial charge is 0.377 e. The molecule has 0 bridgehead atoms. The van der Waals surface area contributed by atoms with E-state index in [9.17, 15) is 9.59 Å². The number of hydrogen-bond acceptors (Lipinski definition) is 4. The monoisotopic (exact) mass is 297 g/mol. The number of nitrogens with one attached hydrogen (secondary N) is 1. The average Bonchev–Trinajstić information content (AvgIpc) is 2.54. The minimum Gasteiger partial charge on any atom is -0.377 e. The highest BCUT2D eigenvalue weighted by atomic mass is 16.5. The zero-order chi connectivity index (χ0) is 15.2. The number of morpholine rings is 1. The van der Waals surface area contributed by atoms with Gasteiger partial charge in [-0.3, -0.25) is 9.59 Å². The Labute approximate surface area is 126 Å². The number of nitrogens with zero attached hydrogens (tertiary/aromatic N) is 1. The third-order valence-corrected chi connectivity index (χ3v) is 4.53. The zero-order valence-corrected chi connectivity index (χ0v) is 12.8. The van der Waals surface area contributed by atoms with E-state index in [0.29, 0.717) is 38.8 Å².